The van der Waals surface area contributed by atoms with Crippen molar-refractivity contribution in [3.05, 3.63) is 0 Å². The SMILES string of the molecule is CC1(C)NCCN(CC2CC2)C1=O. The van der Waals surface area contributed by atoms with E-state index in [4.69, 9.17) is 0 Å². The van der Waals surface area contributed by atoms with Crippen molar-refractivity contribution in [2.45, 2.75) is 32.2 Å². The maximum atomic E-state index is 11.9. The molecule has 0 spiro atoms. The summed E-state index contributed by atoms with van der Waals surface area (Å²) < 4.78 is 0. The number of nitrogens with one attached hydrogen (secondary N) is 1. The van der Waals surface area contributed by atoms with Crippen LogP contribution < -0.4 is 5.32 Å². The molecule has 0 atom stereocenters. The molecule has 1 heterocycles. The van der Waals surface area contributed by atoms with Crippen LogP contribution >= 0.6 is 0 Å². The fraction of sp³-hybridized carbons (Fsp3) is 0.900. The molecule has 1 saturated heterocycles. The Kier molecular flexibility index (Phi) is 2.06. The van der Waals surface area contributed by atoms with Gasteiger partial charge in [0, 0.05) is 19.6 Å². The summed E-state index contributed by atoms with van der Waals surface area (Å²) in [6, 6.07) is 0. The van der Waals surface area contributed by atoms with Gasteiger partial charge in [0.1, 0.15) is 0 Å². The van der Waals surface area contributed by atoms with E-state index in [1.165, 1.54) is 12.8 Å². The lowest BCUT2D eigenvalue weighted by Gasteiger charge is -2.38. The Morgan fingerprint density at radius 3 is 2.85 bits per heavy atom. The lowest BCUT2D eigenvalue weighted by atomic mass is 10.0. The Morgan fingerprint density at radius 1 is 1.54 bits per heavy atom. The minimum absolute atomic E-state index is 0.269. The van der Waals surface area contributed by atoms with Crippen molar-refractivity contribution in [1.82, 2.24) is 10.2 Å². The molecule has 13 heavy (non-hydrogen) atoms. The van der Waals surface area contributed by atoms with Crippen molar-refractivity contribution in [3.8, 4) is 0 Å². The Hall–Kier alpha value is -0.570. The standard InChI is InChI=1S/C10H18N2O/c1-10(2)9(13)12(6-5-11-10)7-8-3-4-8/h8,11H,3-7H2,1-2H3. The van der Waals surface area contributed by atoms with Gasteiger partial charge in [0.15, 0.2) is 0 Å². The fourth-order valence-corrected chi connectivity index (χ4v) is 1.86. The molecule has 2 fully saturated rings. The molecular formula is C10H18N2O. The first kappa shape index (κ1) is 9.00. The zero-order valence-electron chi connectivity index (χ0n) is 8.47. The van der Waals surface area contributed by atoms with E-state index in [0.717, 1.165) is 25.6 Å². The topological polar surface area (TPSA) is 32.3 Å². The first-order valence-corrected chi connectivity index (χ1v) is 5.14. The molecule has 0 aromatic carbocycles. The summed E-state index contributed by atoms with van der Waals surface area (Å²) in [5.74, 6) is 1.07. The highest BCUT2D eigenvalue weighted by molar-refractivity contribution is 5.86. The van der Waals surface area contributed by atoms with Gasteiger partial charge in [-0.05, 0) is 32.6 Å². The average molecular weight is 182 g/mol. The Labute approximate surface area is 79.5 Å². The van der Waals surface area contributed by atoms with Gasteiger partial charge in [-0.2, -0.15) is 0 Å². The molecule has 0 aromatic heterocycles. The molecule has 2 aliphatic rings. The first-order chi connectivity index (χ1) is 6.09. The summed E-state index contributed by atoms with van der Waals surface area (Å²) in [4.78, 5) is 13.9. The van der Waals surface area contributed by atoms with E-state index in [-0.39, 0.29) is 11.4 Å². The molecule has 3 heteroatoms. The molecular weight excluding hydrogens is 164 g/mol. The normalized spacial score (nSPS) is 27.8. The Balaban J connectivity index is 1.97. The second kappa shape index (κ2) is 2.98. The number of nitrogens with zero attached hydrogens (tertiary/aromatic N) is 1. The van der Waals surface area contributed by atoms with Gasteiger partial charge < -0.3 is 10.2 Å². The molecule has 1 aliphatic carbocycles. The van der Waals surface area contributed by atoms with E-state index in [2.05, 4.69) is 5.32 Å². The summed E-state index contributed by atoms with van der Waals surface area (Å²) in [6.07, 6.45) is 2.63. The van der Waals surface area contributed by atoms with E-state index >= 15 is 0 Å². The Bertz CT molecular complexity index is 221. The summed E-state index contributed by atoms with van der Waals surface area (Å²) in [5.41, 5.74) is -0.340. The molecule has 0 unspecified atom stereocenters. The van der Waals surface area contributed by atoms with Crippen LogP contribution in [0.2, 0.25) is 0 Å². The third kappa shape index (κ3) is 1.85. The van der Waals surface area contributed by atoms with Gasteiger partial charge in [-0.3, -0.25) is 4.79 Å². The van der Waals surface area contributed by atoms with Crippen molar-refractivity contribution in [2.24, 2.45) is 5.92 Å². The molecule has 3 nitrogen and oxygen atoms in total. The second-order valence-corrected chi connectivity index (χ2v) is 4.75. The van der Waals surface area contributed by atoms with E-state index in [9.17, 15) is 4.79 Å². The maximum absolute atomic E-state index is 11.9. The van der Waals surface area contributed by atoms with Gasteiger partial charge in [-0.1, -0.05) is 0 Å². The molecule has 1 amide bonds. The van der Waals surface area contributed by atoms with Crippen LogP contribution in [0.4, 0.5) is 0 Å². The predicted molar refractivity (Wildman–Crippen MR) is 51.4 cm³/mol. The van der Waals surface area contributed by atoms with Gasteiger partial charge in [-0.25, -0.2) is 0 Å². The lowest BCUT2D eigenvalue weighted by molar-refractivity contribution is -0.140. The monoisotopic (exact) mass is 182 g/mol. The number of amides is 1. The van der Waals surface area contributed by atoms with Crippen LogP contribution in [-0.4, -0.2) is 36.0 Å². The molecule has 1 N–H and O–H groups in total. The molecule has 74 valence electrons. The smallest absolute Gasteiger partial charge is 0.242 e. The number of carbonyl (C=O) groups is 1. The number of carbonyl (C=O) groups excluding carboxylic acids is 1. The van der Waals surface area contributed by atoms with Gasteiger partial charge >= 0.3 is 0 Å². The van der Waals surface area contributed by atoms with Crippen LogP contribution in [0.5, 0.6) is 0 Å². The van der Waals surface area contributed by atoms with E-state index in [1.807, 2.05) is 18.7 Å². The van der Waals surface area contributed by atoms with E-state index in [0.29, 0.717) is 0 Å². The van der Waals surface area contributed by atoms with E-state index < -0.39 is 0 Å². The van der Waals surface area contributed by atoms with Crippen LogP contribution in [0.3, 0.4) is 0 Å². The van der Waals surface area contributed by atoms with E-state index in [1.54, 1.807) is 0 Å². The van der Waals surface area contributed by atoms with Crippen LogP contribution in [0.1, 0.15) is 26.7 Å². The largest absolute Gasteiger partial charge is 0.340 e. The summed E-state index contributed by atoms with van der Waals surface area (Å²) in [5, 5.41) is 3.24. The number of hydrogen-bond acceptors (Lipinski definition) is 2. The molecule has 0 bridgehead atoms. The summed E-state index contributed by atoms with van der Waals surface area (Å²) in [7, 11) is 0. The van der Waals surface area contributed by atoms with Gasteiger partial charge in [-0.15, -0.1) is 0 Å². The van der Waals surface area contributed by atoms with Crippen molar-refractivity contribution < 1.29 is 4.79 Å². The highest BCUT2D eigenvalue weighted by Crippen LogP contribution is 2.30. The minimum Gasteiger partial charge on any atom is -0.340 e. The van der Waals surface area contributed by atoms with Crippen molar-refractivity contribution in [1.29, 1.82) is 0 Å². The highest BCUT2D eigenvalue weighted by Gasteiger charge is 2.37. The average Bonchev–Trinajstić information content (AvgIpc) is 2.82. The maximum Gasteiger partial charge on any atom is 0.242 e. The van der Waals surface area contributed by atoms with Gasteiger partial charge in [0.25, 0.3) is 0 Å². The minimum atomic E-state index is -0.340. The van der Waals surface area contributed by atoms with Gasteiger partial charge in [0.05, 0.1) is 5.54 Å². The zero-order chi connectivity index (χ0) is 9.47. The van der Waals surface area contributed by atoms with Crippen LogP contribution in [0, 0.1) is 5.92 Å². The molecule has 0 aromatic rings. The molecule has 1 saturated carbocycles. The molecule has 0 radical (unpaired) electrons. The van der Waals surface area contributed by atoms with Crippen LogP contribution in [0.25, 0.3) is 0 Å². The molecule has 1 aliphatic heterocycles. The third-order valence-electron chi connectivity index (χ3n) is 2.95. The predicted octanol–water partition coefficient (Wildman–Crippen LogP) is 0.607. The quantitative estimate of drug-likeness (QED) is 0.678. The zero-order valence-corrected chi connectivity index (χ0v) is 8.47. The number of piperazine rings is 1. The van der Waals surface area contributed by atoms with Crippen molar-refractivity contribution in [3.63, 3.8) is 0 Å². The number of rotatable bonds is 2. The Morgan fingerprint density at radius 2 is 2.23 bits per heavy atom. The van der Waals surface area contributed by atoms with Crippen molar-refractivity contribution in [2.75, 3.05) is 19.6 Å². The summed E-state index contributed by atoms with van der Waals surface area (Å²) in [6.45, 7) is 6.75. The highest BCUT2D eigenvalue weighted by atomic mass is 16.2. The third-order valence-corrected chi connectivity index (χ3v) is 2.95. The van der Waals surface area contributed by atoms with Crippen LogP contribution in [0.15, 0.2) is 0 Å². The number of hydrogen-bond donors (Lipinski definition) is 1. The first-order valence-electron chi connectivity index (χ1n) is 5.14. The lowest BCUT2D eigenvalue weighted by Crippen LogP contribution is -2.61. The summed E-state index contributed by atoms with van der Waals surface area (Å²) >= 11 is 0. The van der Waals surface area contributed by atoms with Crippen molar-refractivity contribution >= 4 is 5.91 Å². The van der Waals surface area contributed by atoms with Crippen LogP contribution in [-0.2, 0) is 4.79 Å². The molecule has 2 rings (SSSR count). The van der Waals surface area contributed by atoms with Gasteiger partial charge in [0.2, 0.25) is 5.91 Å². The second-order valence-electron chi connectivity index (χ2n) is 4.75. The fourth-order valence-electron chi connectivity index (χ4n) is 1.86.